The lowest BCUT2D eigenvalue weighted by atomic mass is 9.87. The Kier molecular flexibility index (Phi) is 3.84. The summed E-state index contributed by atoms with van der Waals surface area (Å²) in [5, 5.41) is 22.2. The number of hydrogen-bond acceptors (Lipinski definition) is 4. The van der Waals surface area contributed by atoms with Crippen LogP contribution in [0.3, 0.4) is 0 Å². The van der Waals surface area contributed by atoms with Crippen LogP contribution in [0, 0.1) is 18.3 Å². The molecule has 0 unspecified atom stereocenters. The van der Waals surface area contributed by atoms with Crippen LogP contribution in [0.5, 0.6) is 0 Å². The van der Waals surface area contributed by atoms with E-state index in [4.69, 9.17) is 11.6 Å². The van der Waals surface area contributed by atoms with Gasteiger partial charge in [0.05, 0.1) is 22.8 Å². The van der Waals surface area contributed by atoms with Crippen molar-refractivity contribution in [1.82, 2.24) is 15.2 Å². The lowest BCUT2D eigenvalue weighted by Gasteiger charge is -2.28. The number of nitriles is 1. The molecule has 2 N–H and O–H groups in total. The first kappa shape index (κ1) is 16.6. The average Bonchev–Trinajstić information content (AvgIpc) is 3.42. The van der Waals surface area contributed by atoms with E-state index in [1.807, 2.05) is 6.92 Å². The minimum absolute atomic E-state index is 0.103. The van der Waals surface area contributed by atoms with Crippen molar-refractivity contribution < 1.29 is 0 Å². The predicted octanol–water partition coefficient (Wildman–Crippen LogP) is 5.16. The number of hydrogen-bond donors (Lipinski definition) is 2. The van der Waals surface area contributed by atoms with Gasteiger partial charge >= 0.3 is 0 Å². The van der Waals surface area contributed by atoms with E-state index < -0.39 is 0 Å². The Morgan fingerprint density at radius 3 is 2.93 bits per heavy atom. The first-order chi connectivity index (χ1) is 13.2. The van der Waals surface area contributed by atoms with Gasteiger partial charge in [0.25, 0.3) is 0 Å². The standard InChI is InChI=1S/C21H20ClN5/c1-11-14-3-2-4-18(20(14)25-21(22)16(11)10-23)24-13-7-8-17-15(9-13)19(27-26-17)12-5-6-12/h7-9,12,18,24H,2-6H2,1H3,(H,26,27)/t18-/m0/s1. The quantitative estimate of drug-likeness (QED) is 0.618. The maximum atomic E-state index is 9.36. The van der Waals surface area contributed by atoms with Crippen LogP contribution in [0.25, 0.3) is 10.9 Å². The topological polar surface area (TPSA) is 77.4 Å². The van der Waals surface area contributed by atoms with Crippen molar-refractivity contribution in [3.8, 4) is 6.07 Å². The Labute approximate surface area is 162 Å². The number of aromatic nitrogens is 3. The smallest absolute Gasteiger partial charge is 0.147 e. The minimum Gasteiger partial charge on any atom is -0.377 e. The van der Waals surface area contributed by atoms with Gasteiger partial charge in [0.1, 0.15) is 11.2 Å². The van der Waals surface area contributed by atoms with E-state index in [9.17, 15) is 5.26 Å². The van der Waals surface area contributed by atoms with Crippen LogP contribution in [-0.4, -0.2) is 15.2 Å². The van der Waals surface area contributed by atoms with Crippen LogP contribution in [0.4, 0.5) is 5.69 Å². The maximum Gasteiger partial charge on any atom is 0.147 e. The van der Waals surface area contributed by atoms with Crippen molar-refractivity contribution in [2.45, 2.75) is 51.0 Å². The highest BCUT2D eigenvalue weighted by Gasteiger charge is 2.28. The molecule has 0 radical (unpaired) electrons. The molecular weight excluding hydrogens is 358 g/mol. The normalized spacial score (nSPS) is 18.9. The van der Waals surface area contributed by atoms with Gasteiger partial charge in [-0.25, -0.2) is 4.98 Å². The van der Waals surface area contributed by atoms with E-state index in [2.05, 4.69) is 44.8 Å². The molecule has 6 heteroatoms. The summed E-state index contributed by atoms with van der Waals surface area (Å²) >= 11 is 6.29. The van der Waals surface area contributed by atoms with Crippen LogP contribution in [0.15, 0.2) is 18.2 Å². The fourth-order valence-electron chi connectivity index (χ4n) is 4.22. The van der Waals surface area contributed by atoms with E-state index >= 15 is 0 Å². The number of anilines is 1. The molecule has 1 fully saturated rings. The van der Waals surface area contributed by atoms with E-state index in [1.165, 1.54) is 29.5 Å². The van der Waals surface area contributed by atoms with Gasteiger partial charge < -0.3 is 5.32 Å². The van der Waals surface area contributed by atoms with Gasteiger partial charge in [-0.15, -0.1) is 0 Å². The monoisotopic (exact) mass is 377 g/mol. The number of nitrogens with one attached hydrogen (secondary N) is 2. The SMILES string of the molecule is Cc1c(C#N)c(Cl)nc2c1CCC[C@@H]2Nc1ccc2n[nH]c(C3CC3)c2c1. The first-order valence-electron chi connectivity index (χ1n) is 9.49. The summed E-state index contributed by atoms with van der Waals surface area (Å²) < 4.78 is 0. The number of pyridine rings is 1. The van der Waals surface area contributed by atoms with Gasteiger partial charge in [0, 0.05) is 22.7 Å². The molecule has 0 spiro atoms. The first-order valence-corrected chi connectivity index (χ1v) is 9.87. The molecule has 1 aromatic carbocycles. The fraction of sp³-hybridized carbons (Fsp3) is 0.381. The molecule has 0 saturated heterocycles. The Morgan fingerprint density at radius 1 is 1.30 bits per heavy atom. The number of fused-ring (bicyclic) bond motifs is 2. The number of rotatable bonds is 3. The molecule has 1 saturated carbocycles. The lowest BCUT2D eigenvalue weighted by molar-refractivity contribution is 0.581. The number of benzene rings is 1. The van der Waals surface area contributed by atoms with E-state index in [-0.39, 0.29) is 6.04 Å². The predicted molar refractivity (Wildman–Crippen MR) is 106 cm³/mol. The average molecular weight is 378 g/mol. The molecule has 0 aliphatic heterocycles. The summed E-state index contributed by atoms with van der Waals surface area (Å²) in [7, 11) is 0. The molecule has 2 aliphatic rings. The molecule has 2 heterocycles. The van der Waals surface area contributed by atoms with Crippen molar-refractivity contribution in [2.75, 3.05) is 5.32 Å². The summed E-state index contributed by atoms with van der Waals surface area (Å²) in [6, 6.07) is 8.63. The molecule has 5 nitrogen and oxygen atoms in total. The summed E-state index contributed by atoms with van der Waals surface area (Å²) in [5.74, 6) is 0.633. The summed E-state index contributed by atoms with van der Waals surface area (Å²) in [4.78, 5) is 4.59. The zero-order valence-electron chi connectivity index (χ0n) is 15.1. The van der Waals surface area contributed by atoms with Crippen molar-refractivity contribution in [3.05, 3.63) is 51.4 Å². The Hall–Kier alpha value is -2.58. The molecule has 3 aromatic rings. The number of H-pyrrole nitrogens is 1. The van der Waals surface area contributed by atoms with Gasteiger partial charge in [0.2, 0.25) is 0 Å². The van der Waals surface area contributed by atoms with Crippen LogP contribution in [0.1, 0.15) is 65.7 Å². The molecule has 0 bridgehead atoms. The Morgan fingerprint density at radius 2 is 2.15 bits per heavy atom. The maximum absolute atomic E-state index is 9.36. The number of nitrogens with zero attached hydrogens (tertiary/aromatic N) is 3. The second-order valence-electron chi connectivity index (χ2n) is 7.61. The van der Waals surface area contributed by atoms with E-state index in [0.717, 1.165) is 41.7 Å². The Balaban J connectivity index is 1.51. The molecule has 5 rings (SSSR count). The molecule has 2 aromatic heterocycles. The molecule has 0 amide bonds. The highest BCUT2D eigenvalue weighted by Crippen LogP contribution is 2.43. The van der Waals surface area contributed by atoms with Gasteiger partial charge in [-0.3, -0.25) is 5.10 Å². The van der Waals surface area contributed by atoms with Crippen molar-refractivity contribution in [3.63, 3.8) is 0 Å². The highest BCUT2D eigenvalue weighted by atomic mass is 35.5. The molecule has 136 valence electrons. The molecule has 27 heavy (non-hydrogen) atoms. The third-order valence-corrected chi connectivity index (χ3v) is 6.11. The lowest BCUT2D eigenvalue weighted by Crippen LogP contribution is -2.20. The van der Waals surface area contributed by atoms with Crippen LogP contribution >= 0.6 is 11.6 Å². The second-order valence-corrected chi connectivity index (χ2v) is 7.97. The highest BCUT2D eigenvalue weighted by molar-refractivity contribution is 6.30. The van der Waals surface area contributed by atoms with Gasteiger partial charge in [-0.2, -0.15) is 10.4 Å². The number of halogens is 1. The largest absolute Gasteiger partial charge is 0.377 e. The molecular formula is C21H20ClN5. The molecule has 2 aliphatic carbocycles. The van der Waals surface area contributed by atoms with E-state index in [1.54, 1.807) is 0 Å². The minimum atomic E-state index is 0.103. The fourth-order valence-corrected chi connectivity index (χ4v) is 4.50. The van der Waals surface area contributed by atoms with Crippen molar-refractivity contribution in [1.29, 1.82) is 5.26 Å². The van der Waals surface area contributed by atoms with Gasteiger partial charge in [0.15, 0.2) is 0 Å². The van der Waals surface area contributed by atoms with Crippen LogP contribution in [0.2, 0.25) is 5.15 Å². The van der Waals surface area contributed by atoms with Crippen LogP contribution < -0.4 is 5.32 Å². The van der Waals surface area contributed by atoms with Gasteiger partial charge in [-0.05, 0) is 68.4 Å². The van der Waals surface area contributed by atoms with Crippen LogP contribution in [-0.2, 0) is 6.42 Å². The zero-order valence-corrected chi connectivity index (χ0v) is 15.9. The number of aromatic amines is 1. The summed E-state index contributed by atoms with van der Waals surface area (Å²) in [6.45, 7) is 1.98. The molecule has 1 atom stereocenters. The zero-order chi connectivity index (χ0) is 18.5. The summed E-state index contributed by atoms with van der Waals surface area (Å²) in [6.07, 6.45) is 5.51. The third kappa shape index (κ3) is 2.76. The van der Waals surface area contributed by atoms with E-state index in [0.29, 0.717) is 16.6 Å². The third-order valence-electron chi connectivity index (χ3n) is 5.83. The van der Waals surface area contributed by atoms with Crippen molar-refractivity contribution >= 4 is 28.2 Å². The second kappa shape index (κ2) is 6.24. The Bertz CT molecular complexity index is 1090. The summed E-state index contributed by atoms with van der Waals surface area (Å²) in [5.41, 5.74) is 6.98. The van der Waals surface area contributed by atoms with Crippen molar-refractivity contribution in [2.24, 2.45) is 0 Å². The van der Waals surface area contributed by atoms with Gasteiger partial charge in [-0.1, -0.05) is 11.6 Å².